The van der Waals surface area contributed by atoms with Crippen LogP contribution in [0, 0.1) is 0 Å². The Kier molecular flexibility index (Phi) is 5.35. The van der Waals surface area contributed by atoms with E-state index in [4.69, 9.17) is 9.84 Å². The fourth-order valence-corrected chi connectivity index (χ4v) is 2.19. The number of nitrogens with zero attached hydrogens (tertiary/aromatic N) is 3. The number of hydrogen-bond acceptors (Lipinski definition) is 6. The Balaban J connectivity index is 1.96. The lowest BCUT2D eigenvalue weighted by molar-refractivity contribution is 0.0853. The van der Waals surface area contributed by atoms with Crippen molar-refractivity contribution in [2.75, 3.05) is 43.6 Å². The summed E-state index contributed by atoms with van der Waals surface area (Å²) in [5, 5.41) is 11.9. The van der Waals surface area contributed by atoms with Crippen molar-refractivity contribution in [3.8, 4) is 0 Å². The van der Waals surface area contributed by atoms with Crippen molar-refractivity contribution < 1.29 is 9.84 Å². The molecule has 0 saturated carbocycles. The molecule has 1 fully saturated rings. The lowest BCUT2D eigenvalue weighted by atomic mass is 10.1. The molecule has 1 saturated heterocycles. The summed E-state index contributed by atoms with van der Waals surface area (Å²) in [5.41, 5.74) is 0. The monoisotopic (exact) mass is 266 g/mol. The van der Waals surface area contributed by atoms with Gasteiger partial charge in [0.25, 0.3) is 0 Å². The molecule has 1 aromatic heterocycles. The van der Waals surface area contributed by atoms with E-state index in [-0.39, 0.29) is 6.61 Å². The molecule has 0 spiro atoms. The normalized spacial score (nSPS) is 16.3. The third kappa shape index (κ3) is 4.04. The fourth-order valence-electron chi connectivity index (χ4n) is 2.19. The minimum Gasteiger partial charge on any atom is -0.396 e. The second-order valence-electron chi connectivity index (χ2n) is 4.72. The highest BCUT2D eigenvalue weighted by Crippen LogP contribution is 2.20. The molecule has 106 valence electrons. The van der Waals surface area contributed by atoms with Crippen molar-refractivity contribution in [1.29, 1.82) is 0 Å². The first-order valence-electron chi connectivity index (χ1n) is 6.78. The number of rotatable bonds is 6. The fraction of sp³-hybridized carbons (Fsp3) is 0.692. The lowest BCUT2D eigenvalue weighted by Crippen LogP contribution is -2.37. The van der Waals surface area contributed by atoms with E-state index in [9.17, 15) is 0 Å². The van der Waals surface area contributed by atoms with Gasteiger partial charge in [0.2, 0.25) is 0 Å². The van der Waals surface area contributed by atoms with Crippen LogP contribution in [-0.4, -0.2) is 54.5 Å². The van der Waals surface area contributed by atoms with E-state index in [1.54, 1.807) is 6.33 Å². The second kappa shape index (κ2) is 7.25. The summed E-state index contributed by atoms with van der Waals surface area (Å²) in [4.78, 5) is 10.7. The molecule has 2 N–H and O–H groups in total. The first-order valence-corrected chi connectivity index (χ1v) is 6.78. The first kappa shape index (κ1) is 14.0. The maximum Gasteiger partial charge on any atom is 0.134 e. The molecule has 0 amide bonds. The van der Waals surface area contributed by atoms with Crippen LogP contribution in [0.25, 0.3) is 0 Å². The lowest BCUT2D eigenvalue weighted by Gasteiger charge is -2.32. The van der Waals surface area contributed by atoms with E-state index < -0.39 is 0 Å². The Labute approximate surface area is 113 Å². The molecule has 0 aromatic carbocycles. The van der Waals surface area contributed by atoms with Gasteiger partial charge in [0, 0.05) is 45.5 Å². The predicted molar refractivity (Wildman–Crippen MR) is 74.5 cm³/mol. The SMILES string of the molecule is CN(c1cc(NCCCO)ncn1)C1CCOCC1. The summed E-state index contributed by atoms with van der Waals surface area (Å²) >= 11 is 0. The van der Waals surface area contributed by atoms with Crippen LogP contribution in [0.3, 0.4) is 0 Å². The molecule has 1 aliphatic heterocycles. The molecule has 6 heteroatoms. The molecule has 0 radical (unpaired) electrons. The topological polar surface area (TPSA) is 70.5 Å². The van der Waals surface area contributed by atoms with Crippen LogP contribution in [0.1, 0.15) is 19.3 Å². The number of ether oxygens (including phenoxy) is 1. The second-order valence-corrected chi connectivity index (χ2v) is 4.72. The van der Waals surface area contributed by atoms with E-state index in [1.807, 2.05) is 6.07 Å². The number of aliphatic hydroxyl groups excluding tert-OH is 1. The van der Waals surface area contributed by atoms with Crippen LogP contribution in [-0.2, 0) is 4.74 Å². The van der Waals surface area contributed by atoms with Gasteiger partial charge in [-0.2, -0.15) is 0 Å². The smallest absolute Gasteiger partial charge is 0.134 e. The Morgan fingerprint density at radius 1 is 1.42 bits per heavy atom. The van der Waals surface area contributed by atoms with Crippen LogP contribution >= 0.6 is 0 Å². The van der Waals surface area contributed by atoms with Crippen LogP contribution in [0.5, 0.6) is 0 Å². The first-order chi connectivity index (χ1) is 9.31. The van der Waals surface area contributed by atoms with Gasteiger partial charge in [-0.05, 0) is 19.3 Å². The molecule has 0 atom stereocenters. The minimum atomic E-state index is 0.187. The number of hydrogen-bond donors (Lipinski definition) is 2. The van der Waals surface area contributed by atoms with Crippen LogP contribution in [0.2, 0.25) is 0 Å². The number of aromatic nitrogens is 2. The van der Waals surface area contributed by atoms with E-state index in [0.717, 1.165) is 44.1 Å². The summed E-state index contributed by atoms with van der Waals surface area (Å²) in [5.74, 6) is 1.73. The Bertz CT molecular complexity index is 383. The highest BCUT2D eigenvalue weighted by atomic mass is 16.5. The maximum atomic E-state index is 8.76. The predicted octanol–water partition coefficient (Wildman–Crippen LogP) is 0.886. The zero-order valence-corrected chi connectivity index (χ0v) is 11.4. The molecule has 2 heterocycles. The summed E-state index contributed by atoms with van der Waals surface area (Å²) in [6.07, 6.45) is 4.36. The molecule has 6 nitrogen and oxygen atoms in total. The summed E-state index contributed by atoms with van der Waals surface area (Å²) in [6.45, 7) is 2.55. The largest absolute Gasteiger partial charge is 0.396 e. The van der Waals surface area contributed by atoms with Gasteiger partial charge in [-0.3, -0.25) is 0 Å². The van der Waals surface area contributed by atoms with Gasteiger partial charge < -0.3 is 20.1 Å². The highest BCUT2D eigenvalue weighted by molar-refractivity contribution is 5.48. The zero-order chi connectivity index (χ0) is 13.5. The average Bonchev–Trinajstić information content (AvgIpc) is 2.48. The standard InChI is InChI=1S/C13H22N4O2/c1-17(11-3-7-19-8-4-11)13-9-12(15-10-16-13)14-5-2-6-18/h9-11,18H,2-8H2,1H3,(H,14,15,16). The molecule has 0 unspecified atom stereocenters. The van der Waals surface area contributed by atoms with Gasteiger partial charge in [0.1, 0.15) is 18.0 Å². The van der Waals surface area contributed by atoms with Crippen molar-refractivity contribution >= 4 is 11.6 Å². The van der Waals surface area contributed by atoms with Crippen molar-refractivity contribution in [1.82, 2.24) is 9.97 Å². The van der Waals surface area contributed by atoms with E-state index in [2.05, 4.69) is 27.2 Å². The van der Waals surface area contributed by atoms with Gasteiger partial charge >= 0.3 is 0 Å². The zero-order valence-electron chi connectivity index (χ0n) is 11.4. The third-order valence-electron chi connectivity index (χ3n) is 3.39. The van der Waals surface area contributed by atoms with E-state index in [0.29, 0.717) is 12.6 Å². The van der Waals surface area contributed by atoms with Crippen molar-refractivity contribution in [2.24, 2.45) is 0 Å². The quantitative estimate of drug-likeness (QED) is 0.745. The molecule has 0 aliphatic carbocycles. The summed E-state index contributed by atoms with van der Waals surface area (Å²) < 4.78 is 5.38. The van der Waals surface area contributed by atoms with Crippen LogP contribution < -0.4 is 10.2 Å². The molecule has 1 aromatic rings. The minimum absolute atomic E-state index is 0.187. The molecule has 19 heavy (non-hydrogen) atoms. The summed E-state index contributed by atoms with van der Waals surface area (Å²) in [6, 6.07) is 2.43. The molecular formula is C13H22N4O2. The van der Waals surface area contributed by atoms with Crippen molar-refractivity contribution in [2.45, 2.75) is 25.3 Å². The summed E-state index contributed by atoms with van der Waals surface area (Å²) in [7, 11) is 2.07. The molecule has 1 aliphatic rings. The van der Waals surface area contributed by atoms with Crippen molar-refractivity contribution in [3.63, 3.8) is 0 Å². The van der Waals surface area contributed by atoms with Crippen LogP contribution in [0.4, 0.5) is 11.6 Å². The van der Waals surface area contributed by atoms with Gasteiger partial charge in [0.05, 0.1) is 0 Å². The number of aliphatic hydroxyl groups is 1. The third-order valence-corrected chi connectivity index (χ3v) is 3.39. The highest BCUT2D eigenvalue weighted by Gasteiger charge is 2.19. The Morgan fingerprint density at radius 2 is 2.21 bits per heavy atom. The van der Waals surface area contributed by atoms with Crippen LogP contribution in [0.15, 0.2) is 12.4 Å². The number of anilines is 2. The van der Waals surface area contributed by atoms with E-state index >= 15 is 0 Å². The van der Waals surface area contributed by atoms with Gasteiger partial charge in [0.15, 0.2) is 0 Å². The number of nitrogens with one attached hydrogen (secondary N) is 1. The van der Waals surface area contributed by atoms with Gasteiger partial charge in [-0.1, -0.05) is 0 Å². The van der Waals surface area contributed by atoms with E-state index in [1.165, 1.54) is 0 Å². The Morgan fingerprint density at radius 3 is 2.95 bits per heavy atom. The van der Waals surface area contributed by atoms with Crippen molar-refractivity contribution in [3.05, 3.63) is 12.4 Å². The maximum absolute atomic E-state index is 8.76. The molecule has 2 rings (SSSR count). The average molecular weight is 266 g/mol. The molecular weight excluding hydrogens is 244 g/mol. The van der Waals surface area contributed by atoms with Gasteiger partial charge in [-0.25, -0.2) is 9.97 Å². The van der Waals surface area contributed by atoms with Gasteiger partial charge in [-0.15, -0.1) is 0 Å². The Hall–Kier alpha value is -1.40. The molecule has 0 bridgehead atoms.